The first-order valence-corrected chi connectivity index (χ1v) is 8.12. The van der Waals surface area contributed by atoms with Crippen LogP contribution in [0.3, 0.4) is 0 Å². The van der Waals surface area contributed by atoms with Crippen molar-refractivity contribution >= 4 is 21.6 Å². The maximum absolute atomic E-state index is 10.3. The number of nitrogens with one attached hydrogen (secondary N) is 1. The molecule has 0 aliphatic carbocycles. The molecule has 6 heteroatoms. The number of ether oxygens (including phenoxy) is 2. The van der Waals surface area contributed by atoms with Gasteiger partial charge in [0.25, 0.3) is 0 Å². The molecule has 2 N–H and O–H groups in total. The summed E-state index contributed by atoms with van der Waals surface area (Å²) in [6.45, 7) is 2.26. The second kappa shape index (κ2) is 5.45. The molecule has 1 atom stereocenters. The molecule has 118 valence electrons. The van der Waals surface area contributed by atoms with Gasteiger partial charge in [-0.2, -0.15) is 5.10 Å². The van der Waals surface area contributed by atoms with E-state index in [1.54, 1.807) is 0 Å². The Kier molecular flexibility index (Phi) is 3.41. The van der Waals surface area contributed by atoms with Crippen LogP contribution in [0.2, 0.25) is 0 Å². The van der Waals surface area contributed by atoms with Crippen molar-refractivity contribution in [1.29, 1.82) is 0 Å². The second-order valence-corrected chi connectivity index (χ2v) is 6.55. The van der Waals surface area contributed by atoms with E-state index in [4.69, 9.17) is 9.47 Å². The summed E-state index contributed by atoms with van der Waals surface area (Å²) in [5, 5.41) is 14.7. The number of aryl methyl sites for hydroxylation is 1. The highest BCUT2D eigenvalue weighted by Crippen LogP contribution is 2.37. The van der Waals surface area contributed by atoms with Crippen molar-refractivity contribution in [2.75, 3.05) is 6.79 Å². The van der Waals surface area contributed by atoms with Gasteiger partial charge in [-0.05, 0) is 58.2 Å². The largest absolute Gasteiger partial charge is 0.506 e. The topological polar surface area (TPSA) is 63.1 Å². The molecule has 2 aliphatic heterocycles. The van der Waals surface area contributed by atoms with Crippen LogP contribution < -0.4 is 14.9 Å². The van der Waals surface area contributed by atoms with Crippen molar-refractivity contribution in [2.45, 2.75) is 19.4 Å². The van der Waals surface area contributed by atoms with E-state index < -0.39 is 0 Å². The van der Waals surface area contributed by atoms with Gasteiger partial charge in [0.15, 0.2) is 11.5 Å². The van der Waals surface area contributed by atoms with Crippen molar-refractivity contribution in [3.63, 3.8) is 0 Å². The number of fused-ring (bicyclic) bond motifs is 1. The van der Waals surface area contributed by atoms with Gasteiger partial charge in [-0.25, -0.2) is 0 Å². The molecule has 2 aromatic carbocycles. The molecule has 0 bridgehead atoms. The molecule has 23 heavy (non-hydrogen) atoms. The molecule has 2 aliphatic rings. The first-order valence-electron chi connectivity index (χ1n) is 7.33. The summed E-state index contributed by atoms with van der Waals surface area (Å²) in [4.78, 5) is 0. The molecule has 0 saturated carbocycles. The van der Waals surface area contributed by atoms with E-state index in [-0.39, 0.29) is 18.6 Å². The molecule has 0 spiro atoms. The highest BCUT2D eigenvalue weighted by molar-refractivity contribution is 9.10. The molecule has 5 nitrogen and oxygen atoms in total. The third-order valence-corrected chi connectivity index (χ3v) is 4.67. The van der Waals surface area contributed by atoms with E-state index in [1.807, 2.05) is 37.3 Å². The predicted molar refractivity (Wildman–Crippen MR) is 90.1 cm³/mol. The first kappa shape index (κ1) is 14.4. The average molecular weight is 375 g/mol. The maximum Gasteiger partial charge on any atom is 0.231 e. The van der Waals surface area contributed by atoms with Gasteiger partial charge in [0, 0.05) is 12.0 Å². The van der Waals surface area contributed by atoms with Crippen molar-refractivity contribution in [1.82, 2.24) is 5.43 Å². The zero-order valence-corrected chi connectivity index (χ0v) is 14.1. The van der Waals surface area contributed by atoms with Gasteiger partial charge in [0.2, 0.25) is 6.79 Å². The Balaban J connectivity index is 1.60. The van der Waals surface area contributed by atoms with Gasteiger partial charge in [-0.1, -0.05) is 6.07 Å². The standard InChI is InChI=1S/C17H15BrN2O3/c1-9-4-11(17(21)12(18)5-9)14-7-13(19-20-14)10-2-3-15-16(6-10)23-8-22-15/h2-6,13,19,21H,7-8H2,1H3. The van der Waals surface area contributed by atoms with Gasteiger partial charge < -0.3 is 20.0 Å². The van der Waals surface area contributed by atoms with E-state index in [9.17, 15) is 5.11 Å². The van der Waals surface area contributed by atoms with Crippen molar-refractivity contribution in [3.05, 3.63) is 51.5 Å². The Hall–Kier alpha value is -2.21. The van der Waals surface area contributed by atoms with Gasteiger partial charge >= 0.3 is 0 Å². The number of hydrazone groups is 1. The van der Waals surface area contributed by atoms with Crippen LogP contribution in [0.4, 0.5) is 0 Å². The number of aromatic hydroxyl groups is 1. The van der Waals surface area contributed by atoms with E-state index in [2.05, 4.69) is 26.5 Å². The fourth-order valence-electron chi connectivity index (χ4n) is 2.89. The van der Waals surface area contributed by atoms with Gasteiger partial charge in [0.05, 0.1) is 16.2 Å². The number of halogens is 1. The zero-order valence-electron chi connectivity index (χ0n) is 12.5. The van der Waals surface area contributed by atoms with Crippen molar-refractivity contribution in [2.24, 2.45) is 5.10 Å². The monoisotopic (exact) mass is 374 g/mol. The lowest BCUT2D eigenvalue weighted by molar-refractivity contribution is 0.174. The van der Waals surface area contributed by atoms with Crippen LogP contribution >= 0.6 is 15.9 Å². The summed E-state index contributed by atoms with van der Waals surface area (Å²) in [7, 11) is 0. The molecule has 2 aromatic rings. The number of phenols is 1. The molecule has 0 fully saturated rings. The summed E-state index contributed by atoms with van der Waals surface area (Å²) in [6, 6.07) is 9.79. The molecule has 0 saturated heterocycles. The fraction of sp³-hybridized carbons (Fsp3) is 0.235. The number of rotatable bonds is 2. The summed E-state index contributed by atoms with van der Waals surface area (Å²) in [5.74, 6) is 1.76. The SMILES string of the molecule is Cc1cc(Br)c(O)c(C2=NNC(c3ccc4c(c3)OCO4)C2)c1. The normalized spacial score (nSPS) is 18.7. The van der Waals surface area contributed by atoms with Gasteiger partial charge in [-0.15, -0.1) is 0 Å². The minimum Gasteiger partial charge on any atom is -0.506 e. The van der Waals surface area contributed by atoms with Crippen LogP contribution in [-0.4, -0.2) is 17.6 Å². The van der Waals surface area contributed by atoms with Gasteiger partial charge in [-0.3, -0.25) is 0 Å². The number of hydrogen-bond donors (Lipinski definition) is 2. The lowest BCUT2D eigenvalue weighted by Crippen LogP contribution is -2.09. The fourth-order valence-corrected chi connectivity index (χ4v) is 3.46. The van der Waals surface area contributed by atoms with E-state index in [0.29, 0.717) is 10.9 Å². The highest BCUT2D eigenvalue weighted by Gasteiger charge is 2.25. The summed E-state index contributed by atoms with van der Waals surface area (Å²) >= 11 is 3.38. The Morgan fingerprint density at radius 3 is 2.91 bits per heavy atom. The summed E-state index contributed by atoms with van der Waals surface area (Å²) in [6.07, 6.45) is 0.698. The van der Waals surface area contributed by atoms with E-state index in [0.717, 1.165) is 33.9 Å². The Bertz CT molecular complexity index is 820. The maximum atomic E-state index is 10.3. The molecule has 4 rings (SSSR count). The lowest BCUT2D eigenvalue weighted by atomic mass is 9.97. The predicted octanol–water partition coefficient (Wildman–Crippen LogP) is 3.63. The number of benzene rings is 2. The quantitative estimate of drug-likeness (QED) is 0.842. The Morgan fingerprint density at radius 1 is 1.22 bits per heavy atom. The zero-order chi connectivity index (χ0) is 16.0. The molecule has 2 heterocycles. The van der Waals surface area contributed by atoms with E-state index >= 15 is 0 Å². The van der Waals surface area contributed by atoms with Crippen molar-refractivity contribution in [3.8, 4) is 17.2 Å². The molecular formula is C17H15BrN2O3. The molecule has 1 unspecified atom stereocenters. The number of phenolic OH excluding ortho intramolecular Hbond substituents is 1. The number of nitrogens with zero attached hydrogens (tertiary/aromatic N) is 1. The Labute approximate surface area is 142 Å². The summed E-state index contributed by atoms with van der Waals surface area (Å²) in [5.41, 5.74) is 6.89. The molecule has 0 radical (unpaired) electrons. The third-order valence-electron chi connectivity index (χ3n) is 4.07. The minimum atomic E-state index is 0.0539. The molecular weight excluding hydrogens is 360 g/mol. The van der Waals surface area contributed by atoms with Crippen molar-refractivity contribution < 1.29 is 14.6 Å². The third kappa shape index (κ3) is 2.53. The molecule has 0 amide bonds. The van der Waals surface area contributed by atoms with Crippen LogP contribution in [0.15, 0.2) is 39.9 Å². The number of hydrogen-bond acceptors (Lipinski definition) is 5. The van der Waals surface area contributed by atoms with Crippen LogP contribution in [0.5, 0.6) is 17.2 Å². The van der Waals surface area contributed by atoms with Crippen LogP contribution in [0, 0.1) is 6.92 Å². The molecule has 0 aromatic heterocycles. The van der Waals surface area contributed by atoms with Crippen LogP contribution in [-0.2, 0) is 0 Å². The minimum absolute atomic E-state index is 0.0539. The van der Waals surface area contributed by atoms with Crippen LogP contribution in [0.1, 0.15) is 29.2 Å². The highest BCUT2D eigenvalue weighted by atomic mass is 79.9. The lowest BCUT2D eigenvalue weighted by Gasteiger charge is -2.11. The summed E-state index contributed by atoms with van der Waals surface area (Å²) < 4.78 is 11.4. The smallest absolute Gasteiger partial charge is 0.231 e. The van der Waals surface area contributed by atoms with Crippen LogP contribution in [0.25, 0.3) is 0 Å². The first-order chi connectivity index (χ1) is 11.1. The van der Waals surface area contributed by atoms with E-state index in [1.165, 1.54) is 0 Å². The average Bonchev–Trinajstić information content (AvgIpc) is 3.18. The second-order valence-electron chi connectivity index (χ2n) is 5.70. The Morgan fingerprint density at radius 2 is 2.04 bits per heavy atom. The van der Waals surface area contributed by atoms with Gasteiger partial charge in [0.1, 0.15) is 5.75 Å².